The lowest BCUT2D eigenvalue weighted by atomic mass is 10.1. The van der Waals surface area contributed by atoms with Gasteiger partial charge in [0.25, 0.3) is 5.91 Å². The number of carbonyl (C=O) groups is 1. The molecule has 0 aliphatic carbocycles. The number of nitrogens with zero attached hydrogens (tertiary/aromatic N) is 2. The van der Waals surface area contributed by atoms with Gasteiger partial charge in [0.2, 0.25) is 0 Å². The summed E-state index contributed by atoms with van der Waals surface area (Å²) in [5.74, 6) is -1.50. The van der Waals surface area contributed by atoms with Crippen molar-refractivity contribution < 1.29 is 13.6 Å². The number of piperidine rings is 1. The molecule has 0 unspecified atom stereocenters. The molecule has 1 fully saturated rings. The number of para-hydroxylation sites is 1. The van der Waals surface area contributed by atoms with Crippen LogP contribution in [-0.4, -0.2) is 28.9 Å². The molecule has 2 aromatic rings. The quantitative estimate of drug-likeness (QED) is 0.938. The summed E-state index contributed by atoms with van der Waals surface area (Å²) in [5, 5.41) is 2.66. The highest BCUT2D eigenvalue weighted by Crippen LogP contribution is 2.23. The summed E-state index contributed by atoms with van der Waals surface area (Å²) >= 11 is 0. The van der Waals surface area contributed by atoms with Crippen LogP contribution in [0.3, 0.4) is 0 Å². The fourth-order valence-corrected chi connectivity index (χ4v) is 2.67. The topological polar surface area (TPSA) is 45.2 Å². The van der Waals surface area contributed by atoms with E-state index in [9.17, 15) is 13.6 Å². The van der Waals surface area contributed by atoms with Gasteiger partial charge in [0.15, 0.2) is 0 Å². The lowest BCUT2D eigenvalue weighted by Crippen LogP contribution is -2.35. The van der Waals surface area contributed by atoms with Crippen LogP contribution in [-0.2, 0) is 0 Å². The first-order valence-electron chi connectivity index (χ1n) is 7.60. The van der Waals surface area contributed by atoms with Crippen molar-refractivity contribution in [2.24, 2.45) is 0 Å². The van der Waals surface area contributed by atoms with Gasteiger partial charge in [-0.2, -0.15) is 0 Å². The molecule has 4 nitrogen and oxygen atoms in total. The second-order valence-electron chi connectivity index (χ2n) is 5.54. The van der Waals surface area contributed by atoms with Gasteiger partial charge in [-0.1, -0.05) is 6.07 Å². The highest BCUT2D eigenvalue weighted by molar-refractivity contribution is 5.95. The maximum atomic E-state index is 13.7. The number of aromatic nitrogens is 1. The standard InChI is InChI=1S/C17H17F2N3O/c18-14-5-4-6-15(19)16(14)21-13-9-12(10-20-11-13)17(23)22-7-2-1-3-8-22/h4-6,9-11,21H,1-3,7-8H2. The fraction of sp³-hybridized carbons (Fsp3) is 0.294. The minimum absolute atomic E-state index is 0.102. The van der Waals surface area contributed by atoms with Crippen LogP contribution in [0.1, 0.15) is 29.6 Å². The van der Waals surface area contributed by atoms with Crippen molar-refractivity contribution >= 4 is 17.3 Å². The van der Waals surface area contributed by atoms with Crippen LogP contribution in [0.4, 0.5) is 20.2 Å². The number of rotatable bonds is 3. The van der Waals surface area contributed by atoms with Crippen molar-refractivity contribution in [2.45, 2.75) is 19.3 Å². The second-order valence-corrected chi connectivity index (χ2v) is 5.54. The first-order chi connectivity index (χ1) is 11.1. The lowest BCUT2D eigenvalue weighted by Gasteiger charge is -2.26. The van der Waals surface area contributed by atoms with E-state index in [0.717, 1.165) is 32.4 Å². The zero-order valence-corrected chi connectivity index (χ0v) is 12.6. The van der Waals surface area contributed by atoms with E-state index in [4.69, 9.17) is 0 Å². The first kappa shape index (κ1) is 15.4. The molecule has 1 aliphatic heterocycles. The first-order valence-corrected chi connectivity index (χ1v) is 7.60. The maximum Gasteiger partial charge on any atom is 0.255 e. The Hall–Kier alpha value is -2.50. The average Bonchev–Trinajstić information content (AvgIpc) is 2.59. The number of hydrogen-bond donors (Lipinski definition) is 1. The molecular weight excluding hydrogens is 300 g/mol. The Morgan fingerprint density at radius 1 is 1.09 bits per heavy atom. The van der Waals surface area contributed by atoms with Crippen molar-refractivity contribution in [3.8, 4) is 0 Å². The third-order valence-corrected chi connectivity index (χ3v) is 3.86. The normalized spacial score (nSPS) is 14.6. The monoisotopic (exact) mass is 317 g/mol. The number of halogens is 2. The molecule has 1 aromatic heterocycles. The average molecular weight is 317 g/mol. The Morgan fingerprint density at radius 3 is 2.48 bits per heavy atom. The molecule has 0 bridgehead atoms. The molecule has 120 valence electrons. The predicted octanol–water partition coefficient (Wildman–Crippen LogP) is 3.73. The molecule has 6 heteroatoms. The number of likely N-dealkylation sites (tertiary alicyclic amines) is 1. The molecule has 2 heterocycles. The summed E-state index contributed by atoms with van der Waals surface area (Å²) in [7, 11) is 0. The van der Waals surface area contributed by atoms with Crippen LogP contribution in [0.2, 0.25) is 0 Å². The highest BCUT2D eigenvalue weighted by atomic mass is 19.1. The summed E-state index contributed by atoms with van der Waals surface area (Å²) in [6, 6.07) is 5.20. The van der Waals surface area contributed by atoms with Crippen molar-refractivity contribution in [1.82, 2.24) is 9.88 Å². The number of nitrogens with one attached hydrogen (secondary N) is 1. The van der Waals surface area contributed by atoms with Gasteiger partial charge in [-0.15, -0.1) is 0 Å². The number of hydrogen-bond acceptors (Lipinski definition) is 3. The van der Waals surface area contributed by atoms with E-state index in [2.05, 4.69) is 10.3 Å². The molecule has 23 heavy (non-hydrogen) atoms. The number of amides is 1. The van der Waals surface area contributed by atoms with Gasteiger partial charge >= 0.3 is 0 Å². The summed E-state index contributed by atoms with van der Waals surface area (Å²) in [6.45, 7) is 1.47. The number of benzene rings is 1. The molecule has 1 N–H and O–H groups in total. The van der Waals surface area contributed by atoms with Crippen LogP contribution in [0.5, 0.6) is 0 Å². The van der Waals surface area contributed by atoms with Crippen LogP contribution in [0.15, 0.2) is 36.7 Å². The maximum absolute atomic E-state index is 13.7. The molecular formula is C17H17F2N3O. The van der Waals surface area contributed by atoms with E-state index in [1.54, 1.807) is 11.0 Å². The highest BCUT2D eigenvalue weighted by Gasteiger charge is 2.19. The largest absolute Gasteiger partial charge is 0.349 e. The molecule has 1 aliphatic rings. The molecule has 1 saturated heterocycles. The van der Waals surface area contributed by atoms with Gasteiger partial charge in [-0.3, -0.25) is 9.78 Å². The van der Waals surface area contributed by atoms with Gasteiger partial charge in [-0.25, -0.2) is 8.78 Å². The van der Waals surface area contributed by atoms with E-state index < -0.39 is 11.6 Å². The van der Waals surface area contributed by atoms with Crippen LogP contribution in [0, 0.1) is 11.6 Å². The Kier molecular flexibility index (Phi) is 4.50. The predicted molar refractivity (Wildman–Crippen MR) is 83.6 cm³/mol. The summed E-state index contributed by atoms with van der Waals surface area (Å²) in [6.07, 6.45) is 6.03. The molecule has 0 spiro atoms. The summed E-state index contributed by atoms with van der Waals surface area (Å²) < 4.78 is 27.4. The number of carbonyl (C=O) groups excluding carboxylic acids is 1. The molecule has 3 rings (SSSR count). The zero-order chi connectivity index (χ0) is 16.2. The number of pyridine rings is 1. The van der Waals surface area contributed by atoms with Crippen molar-refractivity contribution in [3.63, 3.8) is 0 Å². The van der Waals surface area contributed by atoms with Crippen molar-refractivity contribution in [3.05, 3.63) is 53.9 Å². The SMILES string of the molecule is O=C(c1cncc(Nc2c(F)cccc2F)c1)N1CCCCC1. The summed E-state index contributed by atoms with van der Waals surface area (Å²) in [5.41, 5.74) is 0.530. The Balaban J connectivity index is 1.81. The molecule has 0 atom stereocenters. The van der Waals surface area contributed by atoms with Crippen LogP contribution >= 0.6 is 0 Å². The summed E-state index contributed by atoms with van der Waals surface area (Å²) in [4.78, 5) is 18.2. The Labute approximate surface area is 133 Å². The molecule has 1 amide bonds. The van der Waals surface area contributed by atoms with Gasteiger partial charge < -0.3 is 10.2 Å². The van der Waals surface area contributed by atoms with E-state index in [1.165, 1.54) is 30.6 Å². The minimum Gasteiger partial charge on any atom is -0.349 e. The van der Waals surface area contributed by atoms with Crippen LogP contribution in [0.25, 0.3) is 0 Å². The van der Waals surface area contributed by atoms with Crippen molar-refractivity contribution in [1.29, 1.82) is 0 Å². The van der Waals surface area contributed by atoms with Gasteiger partial charge in [-0.05, 0) is 37.5 Å². The zero-order valence-electron chi connectivity index (χ0n) is 12.6. The molecule has 0 saturated carbocycles. The lowest BCUT2D eigenvalue weighted by molar-refractivity contribution is 0.0724. The Morgan fingerprint density at radius 2 is 1.78 bits per heavy atom. The smallest absolute Gasteiger partial charge is 0.255 e. The van der Waals surface area contributed by atoms with Crippen molar-refractivity contribution in [2.75, 3.05) is 18.4 Å². The van der Waals surface area contributed by atoms with E-state index in [1.807, 2.05) is 0 Å². The third-order valence-electron chi connectivity index (χ3n) is 3.86. The van der Waals surface area contributed by atoms with Gasteiger partial charge in [0.1, 0.15) is 17.3 Å². The third kappa shape index (κ3) is 3.47. The fourth-order valence-electron chi connectivity index (χ4n) is 2.67. The second kappa shape index (κ2) is 6.73. The van der Waals surface area contributed by atoms with Gasteiger partial charge in [0.05, 0.1) is 17.4 Å². The van der Waals surface area contributed by atoms with E-state index >= 15 is 0 Å². The van der Waals surface area contributed by atoms with Gasteiger partial charge in [0, 0.05) is 19.3 Å². The van der Waals surface area contributed by atoms with E-state index in [-0.39, 0.29) is 11.6 Å². The Bertz CT molecular complexity index is 694. The molecule has 0 radical (unpaired) electrons. The number of anilines is 2. The minimum atomic E-state index is -0.697. The van der Waals surface area contributed by atoms with E-state index in [0.29, 0.717) is 11.3 Å². The van der Waals surface area contributed by atoms with Crippen LogP contribution < -0.4 is 5.32 Å². The molecule has 1 aromatic carbocycles.